The predicted molar refractivity (Wildman–Crippen MR) is 84.4 cm³/mol. The van der Waals surface area contributed by atoms with E-state index in [9.17, 15) is 0 Å². The number of hydrogen-bond donors (Lipinski definition) is 0. The van der Waals surface area contributed by atoms with Gasteiger partial charge in [-0.2, -0.15) is 0 Å². The third-order valence-electron chi connectivity index (χ3n) is 4.03. The zero-order chi connectivity index (χ0) is 14.4. The van der Waals surface area contributed by atoms with E-state index in [2.05, 4.69) is 55.1 Å². The van der Waals surface area contributed by atoms with Gasteiger partial charge in [-0.25, -0.2) is 0 Å². The van der Waals surface area contributed by atoms with E-state index in [0.717, 1.165) is 24.8 Å². The molecule has 20 heavy (non-hydrogen) atoms. The SMILES string of the molecule is Cc1ccc(OCCN2CCC(CN(C)C)CC2)cc1. The van der Waals surface area contributed by atoms with E-state index in [0.29, 0.717) is 0 Å². The first kappa shape index (κ1) is 15.3. The molecule has 0 amide bonds. The minimum atomic E-state index is 0.793. The average Bonchev–Trinajstić information content (AvgIpc) is 2.42. The molecule has 0 N–H and O–H groups in total. The van der Waals surface area contributed by atoms with Crippen molar-refractivity contribution in [2.75, 3.05) is 46.9 Å². The molecule has 0 bridgehead atoms. The highest BCUT2D eigenvalue weighted by molar-refractivity contribution is 5.26. The maximum Gasteiger partial charge on any atom is 0.119 e. The summed E-state index contributed by atoms with van der Waals surface area (Å²) in [6.07, 6.45) is 2.64. The van der Waals surface area contributed by atoms with E-state index in [1.165, 1.54) is 38.0 Å². The van der Waals surface area contributed by atoms with Gasteiger partial charge in [-0.15, -0.1) is 0 Å². The predicted octanol–water partition coefficient (Wildman–Crippen LogP) is 2.65. The van der Waals surface area contributed by atoms with Crippen molar-refractivity contribution in [2.24, 2.45) is 5.92 Å². The van der Waals surface area contributed by atoms with Crippen molar-refractivity contribution in [2.45, 2.75) is 19.8 Å². The highest BCUT2D eigenvalue weighted by Gasteiger charge is 2.19. The summed E-state index contributed by atoms with van der Waals surface area (Å²) < 4.78 is 5.81. The molecule has 1 aliphatic rings. The second-order valence-electron chi connectivity index (χ2n) is 6.21. The lowest BCUT2D eigenvalue weighted by molar-refractivity contribution is 0.141. The van der Waals surface area contributed by atoms with Gasteiger partial charge in [0.2, 0.25) is 0 Å². The number of piperidine rings is 1. The zero-order valence-corrected chi connectivity index (χ0v) is 13.1. The Balaban J connectivity index is 1.62. The molecular formula is C17H28N2O. The van der Waals surface area contributed by atoms with Crippen molar-refractivity contribution in [1.82, 2.24) is 9.80 Å². The van der Waals surface area contributed by atoms with Crippen LogP contribution in [0.4, 0.5) is 0 Å². The van der Waals surface area contributed by atoms with E-state index < -0.39 is 0 Å². The van der Waals surface area contributed by atoms with Crippen LogP contribution in [0, 0.1) is 12.8 Å². The number of ether oxygens (including phenoxy) is 1. The third kappa shape index (κ3) is 5.14. The van der Waals surface area contributed by atoms with Crippen LogP contribution in [0.25, 0.3) is 0 Å². The molecule has 0 aliphatic carbocycles. The molecule has 3 nitrogen and oxygen atoms in total. The Labute approximate surface area is 123 Å². The first-order chi connectivity index (χ1) is 9.63. The van der Waals surface area contributed by atoms with Crippen molar-refractivity contribution >= 4 is 0 Å². The fourth-order valence-electron chi connectivity index (χ4n) is 2.84. The quantitative estimate of drug-likeness (QED) is 0.794. The molecule has 0 spiro atoms. The molecular weight excluding hydrogens is 248 g/mol. The summed E-state index contributed by atoms with van der Waals surface area (Å²) in [6, 6.07) is 8.31. The summed E-state index contributed by atoms with van der Waals surface area (Å²) in [7, 11) is 4.34. The fourth-order valence-corrected chi connectivity index (χ4v) is 2.84. The maximum atomic E-state index is 5.81. The summed E-state index contributed by atoms with van der Waals surface area (Å²) in [5.74, 6) is 1.86. The van der Waals surface area contributed by atoms with Gasteiger partial charge in [0.25, 0.3) is 0 Å². The van der Waals surface area contributed by atoms with Crippen molar-refractivity contribution in [3.05, 3.63) is 29.8 Å². The van der Waals surface area contributed by atoms with Crippen LogP contribution in [0.15, 0.2) is 24.3 Å². The van der Waals surface area contributed by atoms with E-state index in [-0.39, 0.29) is 0 Å². The highest BCUT2D eigenvalue weighted by atomic mass is 16.5. The molecule has 1 fully saturated rings. The van der Waals surface area contributed by atoms with Gasteiger partial charge in [0.1, 0.15) is 12.4 Å². The lowest BCUT2D eigenvalue weighted by Gasteiger charge is -2.33. The summed E-state index contributed by atoms with van der Waals surface area (Å²) in [5.41, 5.74) is 1.28. The Hall–Kier alpha value is -1.06. The number of likely N-dealkylation sites (tertiary alicyclic amines) is 1. The molecule has 1 aromatic rings. The Bertz CT molecular complexity index is 380. The molecule has 0 saturated carbocycles. The van der Waals surface area contributed by atoms with Crippen LogP contribution in [0.3, 0.4) is 0 Å². The van der Waals surface area contributed by atoms with E-state index >= 15 is 0 Å². The Morgan fingerprint density at radius 2 is 1.80 bits per heavy atom. The summed E-state index contributed by atoms with van der Waals surface area (Å²) >= 11 is 0. The number of hydrogen-bond acceptors (Lipinski definition) is 3. The summed E-state index contributed by atoms with van der Waals surface area (Å²) in [5, 5.41) is 0. The normalized spacial score (nSPS) is 17.6. The number of aryl methyl sites for hydroxylation is 1. The second-order valence-corrected chi connectivity index (χ2v) is 6.21. The Morgan fingerprint density at radius 1 is 1.15 bits per heavy atom. The van der Waals surface area contributed by atoms with Gasteiger partial charge >= 0.3 is 0 Å². The maximum absolute atomic E-state index is 5.81. The topological polar surface area (TPSA) is 15.7 Å². The summed E-state index contributed by atoms with van der Waals surface area (Å²) in [6.45, 7) is 7.60. The first-order valence-electron chi connectivity index (χ1n) is 7.70. The third-order valence-corrected chi connectivity index (χ3v) is 4.03. The van der Waals surface area contributed by atoms with Crippen LogP contribution in [0.2, 0.25) is 0 Å². The molecule has 1 aromatic carbocycles. The van der Waals surface area contributed by atoms with Crippen molar-refractivity contribution in [1.29, 1.82) is 0 Å². The number of nitrogens with zero attached hydrogens (tertiary/aromatic N) is 2. The minimum Gasteiger partial charge on any atom is -0.492 e. The minimum absolute atomic E-state index is 0.793. The number of benzene rings is 1. The molecule has 0 atom stereocenters. The van der Waals surface area contributed by atoms with Crippen LogP contribution in [-0.2, 0) is 0 Å². The van der Waals surface area contributed by atoms with Crippen LogP contribution < -0.4 is 4.74 Å². The molecule has 1 aliphatic heterocycles. The largest absolute Gasteiger partial charge is 0.492 e. The standard InChI is InChI=1S/C17H28N2O/c1-15-4-6-17(7-5-15)20-13-12-19-10-8-16(9-11-19)14-18(2)3/h4-7,16H,8-14H2,1-3H3. The second kappa shape index (κ2) is 7.65. The Kier molecular flexibility index (Phi) is 5.86. The van der Waals surface area contributed by atoms with Crippen molar-refractivity contribution < 1.29 is 4.74 Å². The monoisotopic (exact) mass is 276 g/mol. The van der Waals surface area contributed by atoms with Gasteiger partial charge in [0.05, 0.1) is 0 Å². The number of rotatable bonds is 6. The molecule has 1 heterocycles. The molecule has 3 heteroatoms. The van der Waals surface area contributed by atoms with Crippen molar-refractivity contribution in [3.8, 4) is 5.75 Å². The van der Waals surface area contributed by atoms with Gasteiger partial charge in [-0.3, -0.25) is 4.90 Å². The van der Waals surface area contributed by atoms with E-state index in [1.807, 2.05) is 0 Å². The van der Waals surface area contributed by atoms with Gasteiger partial charge in [0.15, 0.2) is 0 Å². The zero-order valence-electron chi connectivity index (χ0n) is 13.1. The first-order valence-corrected chi connectivity index (χ1v) is 7.70. The van der Waals surface area contributed by atoms with Crippen LogP contribution in [0.5, 0.6) is 5.75 Å². The van der Waals surface area contributed by atoms with Crippen molar-refractivity contribution in [3.63, 3.8) is 0 Å². The van der Waals surface area contributed by atoms with Gasteiger partial charge in [-0.1, -0.05) is 17.7 Å². The van der Waals surface area contributed by atoms with Crippen LogP contribution in [-0.4, -0.2) is 56.7 Å². The lowest BCUT2D eigenvalue weighted by atomic mass is 9.96. The molecule has 112 valence electrons. The van der Waals surface area contributed by atoms with Crippen LogP contribution >= 0.6 is 0 Å². The molecule has 0 aromatic heterocycles. The smallest absolute Gasteiger partial charge is 0.119 e. The highest BCUT2D eigenvalue weighted by Crippen LogP contribution is 2.17. The molecule has 1 saturated heterocycles. The van der Waals surface area contributed by atoms with Gasteiger partial charge in [-0.05, 0) is 65.0 Å². The molecule has 2 rings (SSSR count). The van der Waals surface area contributed by atoms with Crippen LogP contribution in [0.1, 0.15) is 18.4 Å². The van der Waals surface area contributed by atoms with E-state index in [4.69, 9.17) is 4.74 Å². The summed E-state index contributed by atoms with van der Waals surface area (Å²) in [4.78, 5) is 4.83. The van der Waals surface area contributed by atoms with Gasteiger partial charge < -0.3 is 9.64 Å². The fraction of sp³-hybridized carbons (Fsp3) is 0.647. The lowest BCUT2D eigenvalue weighted by Crippen LogP contribution is -2.39. The average molecular weight is 276 g/mol. The molecule has 0 unspecified atom stereocenters. The van der Waals surface area contributed by atoms with Gasteiger partial charge in [0, 0.05) is 13.1 Å². The Morgan fingerprint density at radius 3 is 2.40 bits per heavy atom. The van der Waals surface area contributed by atoms with E-state index in [1.54, 1.807) is 0 Å². The molecule has 0 radical (unpaired) electrons.